The molecular formula is C14H11N5O3S. The van der Waals surface area contributed by atoms with E-state index in [9.17, 15) is 8.42 Å². The first kappa shape index (κ1) is 13.7. The van der Waals surface area contributed by atoms with Crippen molar-refractivity contribution >= 4 is 37.6 Å². The van der Waals surface area contributed by atoms with Gasteiger partial charge >= 0.3 is 0 Å². The second-order valence-electron chi connectivity index (χ2n) is 5.12. The fraction of sp³-hybridized carbons (Fsp3) is 0.0714. The molecule has 4 aromatic rings. The molecule has 0 amide bonds. The number of hydrogen-bond acceptors (Lipinski definition) is 6. The zero-order valence-corrected chi connectivity index (χ0v) is 12.8. The summed E-state index contributed by atoms with van der Waals surface area (Å²) in [5.41, 5.74) is 2.59. The van der Waals surface area contributed by atoms with Crippen LogP contribution in [-0.2, 0) is 10.0 Å². The van der Waals surface area contributed by atoms with Crippen LogP contribution in [0, 0.1) is 6.92 Å². The Morgan fingerprint density at radius 2 is 1.96 bits per heavy atom. The SMILES string of the molecule is Cc1ccc(S(=O)(=O)Nc2ccc3cn[nH]c3c2)c2nonc12. The van der Waals surface area contributed by atoms with Crippen LogP contribution in [0.1, 0.15) is 5.56 Å². The molecule has 0 unspecified atom stereocenters. The third-order valence-electron chi connectivity index (χ3n) is 3.56. The second-order valence-corrected chi connectivity index (χ2v) is 6.77. The highest BCUT2D eigenvalue weighted by atomic mass is 32.2. The molecule has 0 bridgehead atoms. The van der Waals surface area contributed by atoms with Crippen molar-refractivity contribution in [2.45, 2.75) is 11.8 Å². The van der Waals surface area contributed by atoms with Crippen LogP contribution in [0.25, 0.3) is 21.9 Å². The summed E-state index contributed by atoms with van der Waals surface area (Å²) in [5, 5.41) is 15.0. The van der Waals surface area contributed by atoms with Gasteiger partial charge in [-0.2, -0.15) is 5.10 Å². The highest BCUT2D eigenvalue weighted by Gasteiger charge is 2.21. The van der Waals surface area contributed by atoms with Crippen molar-refractivity contribution in [3.8, 4) is 0 Å². The van der Waals surface area contributed by atoms with Crippen LogP contribution < -0.4 is 4.72 Å². The van der Waals surface area contributed by atoms with Crippen molar-refractivity contribution in [1.29, 1.82) is 0 Å². The third-order valence-corrected chi connectivity index (χ3v) is 4.98. The van der Waals surface area contributed by atoms with E-state index in [0.29, 0.717) is 11.2 Å². The maximum atomic E-state index is 12.7. The lowest BCUT2D eigenvalue weighted by atomic mass is 10.2. The lowest BCUT2D eigenvalue weighted by Gasteiger charge is -2.08. The number of hydrogen-bond donors (Lipinski definition) is 2. The molecule has 0 atom stereocenters. The Morgan fingerprint density at radius 3 is 2.83 bits per heavy atom. The summed E-state index contributed by atoms with van der Waals surface area (Å²) >= 11 is 0. The van der Waals surface area contributed by atoms with Gasteiger partial charge in [-0.3, -0.25) is 9.82 Å². The Morgan fingerprint density at radius 1 is 1.13 bits per heavy atom. The van der Waals surface area contributed by atoms with Gasteiger partial charge in [0.15, 0.2) is 5.52 Å². The number of nitrogens with one attached hydrogen (secondary N) is 2. The first-order chi connectivity index (χ1) is 11.0. The normalized spacial score (nSPS) is 12.0. The van der Waals surface area contributed by atoms with Gasteiger partial charge in [0, 0.05) is 5.39 Å². The average molecular weight is 329 g/mol. The lowest BCUT2D eigenvalue weighted by Crippen LogP contribution is -2.13. The molecule has 2 aromatic carbocycles. The van der Waals surface area contributed by atoms with Gasteiger partial charge < -0.3 is 0 Å². The number of aromatic amines is 1. The largest absolute Gasteiger partial charge is 0.279 e. The Labute approximate surface area is 130 Å². The number of H-pyrrole nitrogens is 1. The molecule has 23 heavy (non-hydrogen) atoms. The maximum absolute atomic E-state index is 12.7. The lowest BCUT2D eigenvalue weighted by molar-refractivity contribution is 0.315. The van der Waals surface area contributed by atoms with Gasteiger partial charge in [0.05, 0.1) is 17.4 Å². The Bertz CT molecular complexity index is 1130. The van der Waals surface area contributed by atoms with E-state index >= 15 is 0 Å². The van der Waals surface area contributed by atoms with Crippen molar-refractivity contribution in [3.63, 3.8) is 0 Å². The second kappa shape index (κ2) is 4.78. The molecule has 0 fully saturated rings. The molecule has 2 heterocycles. The van der Waals surface area contributed by atoms with Gasteiger partial charge in [0.1, 0.15) is 10.4 Å². The van der Waals surface area contributed by atoms with Crippen molar-refractivity contribution in [2.24, 2.45) is 0 Å². The number of aromatic nitrogens is 4. The van der Waals surface area contributed by atoms with E-state index in [4.69, 9.17) is 0 Å². The number of nitrogens with zero attached hydrogens (tertiary/aromatic N) is 3. The molecule has 0 saturated heterocycles. The van der Waals surface area contributed by atoms with E-state index in [-0.39, 0.29) is 10.4 Å². The summed E-state index contributed by atoms with van der Waals surface area (Å²) in [6.45, 7) is 1.81. The van der Waals surface area contributed by atoms with E-state index in [0.717, 1.165) is 16.5 Å². The minimum absolute atomic E-state index is 0.0176. The summed E-state index contributed by atoms with van der Waals surface area (Å²) in [7, 11) is -3.83. The molecular weight excluding hydrogens is 318 g/mol. The first-order valence-electron chi connectivity index (χ1n) is 6.72. The topological polar surface area (TPSA) is 114 Å². The number of aryl methyl sites for hydroxylation is 1. The highest BCUT2D eigenvalue weighted by Crippen LogP contribution is 2.26. The number of rotatable bonds is 3. The summed E-state index contributed by atoms with van der Waals surface area (Å²) in [5.74, 6) is 0. The number of sulfonamides is 1. The summed E-state index contributed by atoms with van der Waals surface area (Å²) in [6, 6.07) is 8.27. The molecule has 0 saturated carbocycles. The van der Waals surface area contributed by atoms with Crippen LogP contribution in [-0.4, -0.2) is 28.9 Å². The van der Waals surface area contributed by atoms with Gasteiger partial charge in [-0.05, 0) is 47.1 Å². The Hall–Kier alpha value is -2.94. The molecule has 4 rings (SSSR count). The van der Waals surface area contributed by atoms with Gasteiger partial charge in [-0.15, -0.1) is 0 Å². The zero-order chi connectivity index (χ0) is 16.0. The van der Waals surface area contributed by atoms with Crippen LogP contribution in [0.15, 0.2) is 46.1 Å². The first-order valence-corrected chi connectivity index (χ1v) is 8.21. The Balaban J connectivity index is 1.79. The van der Waals surface area contributed by atoms with Crippen molar-refractivity contribution < 1.29 is 13.0 Å². The number of fused-ring (bicyclic) bond motifs is 2. The van der Waals surface area contributed by atoms with Gasteiger partial charge in [0.2, 0.25) is 0 Å². The van der Waals surface area contributed by atoms with Crippen molar-refractivity contribution in [1.82, 2.24) is 20.5 Å². The quantitative estimate of drug-likeness (QED) is 0.595. The molecule has 116 valence electrons. The standard InChI is InChI=1S/C14H11N5O3S/c1-8-2-5-12(14-13(8)17-22-18-14)23(20,21)19-10-4-3-9-7-15-16-11(9)6-10/h2-7,19H,1H3,(H,15,16). The third kappa shape index (κ3) is 2.21. The van der Waals surface area contributed by atoms with Gasteiger partial charge in [-0.25, -0.2) is 13.0 Å². The molecule has 0 radical (unpaired) electrons. The van der Waals surface area contributed by atoms with E-state index in [1.165, 1.54) is 6.07 Å². The molecule has 0 aliphatic heterocycles. The van der Waals surface area contributed by atoms with Crippen molar-refractivity contribution in [3.05, 3.63) is 42.1 Å². The molecule has 8 nitrogen and oxygen atoms in total. The predicted molar refractivity (Wildman–Crippen MR) is 83.4 cm³/mol. The number of benzene rings is 2. The minimum atomic E-state index is -3.83. The highest BCUT2D eigenvalue weighted by molar-refractivity contribution is 7.93. The fourth-order valence-electron chi connectivity index (χ4n) is 2.40. The van der Waals surface area contributed by atoms with Crippen LogP contribution in [0.3, 0.4) is 0 Å². The van der Waals surface area contributed by atoms with Crippen LogP contribution in [0.4, 0.5) is 5.69 Å². The monoisotopic (exact) mass is 329 g/mol. The molecule has 0 aliphatic rings. The van der Waals surface area contributed by atoms with Crippen molar-refractivity contribution in [2.75, 3.05) is 4.72 Å². The smallest absolute Gasteiger partial charge is 0.264 e. The van der Waals surface area contributed by atoms with Crippen LogP contribution >= 0.6 is 0 Å². The average Bonchev–Trinajstić information content (AvgIpc) is 3.15. The molecule has 9 heteroatoms. The summed E-state index contributed by atoms with van der Waals surface area (Å²) in [6.07, 6.45) is 1.66. The van der Waals surface area contributed by atoms with Crippen LogP contribution in [0.5, 0.6) is 0 Å². The van der Waals surface area contributed by atoms with E-state index in [2.05, 4.69) is 29.9 Å². The van der Waals surface area contributed by atoms with E-state index < -0.39 is 10.0 Å². The number of anilines is 1. The zero-order valence-electron chi connectivity index (χ0n) is 11.9. The molecule has 2 N–H and O–H groups in total. The fourth-order valence-corrected chi connectivity index (χ4v) is 3.58. The summed E-state index contributed by atoms with van der Waals surface area (Å²) in [4.78, 5) is 0.0176. The predicted octanol–water partition coefficient (Wildman–Crippen LogP) is 2.21. The van der Waals surface area contributed by atoms with Gasteiger partial charge in [-0.1, -0.05) is 6.07 Å². The van der Waals surface area contributed by atoms with E-state index in [1.807, 2.05) is 6.92 Å². The Kier molecular flexibility index (Phi) is 2.85. The summed E-state index contributed by atoms with van der Waals surface area (Å²) < 4.78 is 32.5. The maximum Gasteiger partial charge on any atom is 0.264 e. The molecule has 0 aliphatic carbocycles. The van der Waals surface area contributed by atoms with Crippen LogP contribution in [0.2, 0.25) is 0 Å². The van der Waals surface area contributed by atoms with E-state index in [1.54, 1.807) is 30.5 Å². The van der Waals surface area contributed by atoms with Gasteiger partial charge in [0.25, 0.3) is 10.0 Å². The minimum Gasteiger partial charge on any atom is -0.279 e. The molecule has 0 spiro atoms. The molecule has 2 aromatic heterocycles.